The smallest absolute Gasteiger partial charge is 0.251 e. The molecule has 29 heavy (non-hydrogen) atoms. The lowest BCUT2D eigenvalue weighted by Crippen LogP contribution is -2.22. The van der Waals surface area contributed by atoms with E-state index in [1.165, 1.54) is 17.8 Å². The zero-order valence-corrected chi connectivity index (χ0v) is 16.4. The Morgan fingerprint density at radius 3 is 2.72 bits per heavy atom. The van der Waals surface area contributed by atoms with Crippen LogP contribution in [0.5, 0.6) is 0 Å². The average Bonchev–Trinajstić information content (AvgIpc) is 3.31. The second-order valence-corrected chi connectivity index (χ2v) is 7.88. The number of rotatable bonds is 6. The number of carbonyl (C=O) groups is 1. The van der Waals surface area contributed by atoms with E-state index in [0.717, 1.165) is 16.8 Å². The van der Waals surface area contributed by atoms with E-state index in [1.54, 1.807) is 23.5 Å². The van der Waals surface area contributed by atoms with Gasteiger partial charge in [-0.3, -0.25) is 4.79 Å². The van der Waals surface area contributed by atoms with Gasteiger partial charge in [-0.2, -0.15) is 4.98 Å². The van der Waals surface area contributed by atoms with Gasteiger partial charge in [0.05, 0.1) is 17.2 Å². The largest absolute Gasteiger partial charge is 0.343 e. The monoisotopic (exact) mass is 402 g/mol. The van der Waals surface area contributed by atoms with E-state index >= 15 is 0 Å². The number of aromatic nitrogens is 3. The first-order valence-corrected chi connectivity index (χ1v) is 10.4. The van der Waals surface area contributed by atoms with E-state index in [9.17, 15) is 4.79 Å². The molecule has 0 bridgehead atoms. The van der Waals surface area contributed by atoms with Gasteiger partial charge in [0.1, 0.15) is 0 Å². The standard InChI is InChI=1S/C22H18N4O2S/c27-21(14-5-2-1-3-6-14)23-12-19-25-20(26-28-19)17-8-4-7-16(11-17)18-13-29-22(24-18)15-9-10-15/h1-8,11,13,15H,9-10,12H2,(H,23,27). The maximum Gasteiger partial charge on any atom is 0.251 e. The van der Waals surface area contributed by atoms with Crippen LogP contribution in [0.25, 0.3) is 22.6 Å². The second-order valence-electron chi connectivity index (χ2n) is 6.99. The Morgan fingerprint density at radius 2 is 1.90 bits per heavy atom. The zero-order chi connectivity index (χ0) is 19.6. The van der Waals surface area contributed by atoms with Gasteiger partial charge in [0.2, 0.25) is 11.7 Å². The highest BCUT2D eigenvalue weighted by atomic mass is 32.1. The third-order valence-electron chi connectivity index (χ3n) is 4.77. The van der Waals surface area contributed by atoms with Crippen LogP contribution in [0.3, 0.4) is 0 Å². The first-order valence-electron chi connectivity index (χ1n) is 9.48. The third-order valence-corrected chi connectivity index (χ3v) is 5.78. The van der Waals surface area contributed by atoms with Crippen molar-refractivity contribution in [2.24, 2.45) is 0 Å². The topological polar surface area (TPSA) is 80.9 Å². The van der Waals surface area contributed by atoms with Crippen molar-refractivity contribution in [3.63, 3.8) is 0 Å². The molecular weight excluding hydrogens is 384 g/mol. The lowest BCUT2D eigenvalue weighted by atomic mass is 10.1. The summed E-state index contributed by atoms with van der Waals surface area (Å²) in [6.07, 6.45) is 2.50. The Labute approximate surface area is 171 Å². The van der Waals surface area contributed by atoms with Crippen molar-refractivity contribution < 1.29 is 9.32 Å². The molecule has 1 aliphatic rings. The van der Waals surface area contributed by atoms with Crippen molar-refractivity contribution >= 4 is 17.2 Å². The molecule has 0 spiro atoms. The fourth-order valence-electron chi connectivity index (χ4n) is 3.05. The van der Waals surface area contributed by atoms with Gasteiger partial charge in [-0.15, -0.1) is 11.3 Å². The molecule has 144 valence electrons. The van der Waals surface area contributed by atoms with Gasteiger partial charge in [-0.1, -0.05) is 41.6 Å². The zero-order valence-electron chi connectivity index (χ0n) is 15.5. The van der Waals surface area contributed by atoms with Crippen molar-refractivity contribution in [1.82, 2.24) is 20.4 Å². The van der Waals surface area contributed by atoms with E-state index in [0.29, 0.717) is 23.2 Å². The first kappa shape index (κ1) is 17.8. The molecule has 2 heterocycles. The van der Waals surface area contributed by atoms with E-state index in [1.807, 2.05) is 42.5 Å². The molecule has 1 amide bonds. The highest BCUT2D eigenvalue weighted by Gasteiger charge is 2.26. The molecule has 1 saturated carbocycles. The lowest BCUT2D eigenvalue weighted by Gasteiger charge is -2.01. The van der Waals surface area contributed by atoms with Crippen LogP contribution in [0.15, 0.2) is 64.5 Å². The van der Waals surface area contributed by atoms with Crippen LogP contribution in [0.4, 0.5) is 0 Å². The summed E-state index contributed by atoms with van der Waals surface area (Å²) in [4.78, 5) is 21.3. The van der Waals surface area contributed by atoms with Crippen LogP contribution >= 0.6 is 11.3 Å². The van der Waals surface area contributed by atoms with Gasteiger partial charge in [-0.05, 0) is 31.0 Å². The Morgan fingerprint density at radius 1 is 1.07 bits per heavy atom. The molecule has 7 heteroatoms. The summed E-state index contributed by atoms with van der Waals surface area (Å²) in [6, 6.07) is 17.0. The van der Waals surface area contributed by atoms with E-state index < -0.39 is 0 Å². The number of benzene rings is 2. The Kier molecular flexibility index (Phi) is 4.65. The highest BCUT2D eigenvalue weighted by molar-refractivity contribution is 7.10. The van der Waals surface area contributed by atoms with Crippen LogP contribution in [0.1, 0.15) is 40.0 Å². The predicted molar refractivity (Wildman–Crippen MR) is 110 cm³/mol. The Balaban J connectivity index is 1.29. The van der Waals surface area contributed by atoms with E-state index in [-0.39, 0.29) is 12.5 Å². The SMILES string of the molecule is O=C(NCc1nc(-c2cccc(-c3csc(C4CC4)n3)c2)no1)c1ccccc1. The van der Waals surface area contributed by atoms with Gasteiger partial charge in [0.15, 0.2) is 0 Å². The summed E-state index contributed by atoms with van der Waals surface area (Å²) >= 11 is 1.73. The van der Waals surface area contributed by atoms with E-state index in [4.69, 9.17) is 9.51 Å². The van der Waals surface area contributed by atoms with E-state index in [2.05, 4.69) is 20.8 Å². The number of carbonyl (C=O) groups excluding carboxylic acids is 1. The molecule has 0 unspecified atom stereocenters. The minimum atomic E-state index is -0.178. The maximum atomic E-state index is 12.1. The van der Waals surface area contributed by atoms with Crippen molar-refractivity contribution in [2.75, 3.05) is 0 Å². The van der Waals surface area contributed by atoms with Gasteiger partial charge in [0, 0.05) is 28.0 Å². The summed E-state index contributed by atoms with van der Waals surface area (Å²) in [5, 5.41) is 10.2. The summed E-state index contributed by atoms with van der Waals surface area (Å²) in [5.74, 6) is 1.33. The van der Waals surface area contributed by atoms with Crippen molar-refractivity contribution in [2.45, 2.75) is 25.3 Å². The molecule has 0 atom stereocenters. The van der Waals surface area contributed by atoms with Gasteiger partial charge in [-0.25, -0.2) is 4.98 Å². The lowest BCUT2D eigenvalue weighted by molar-refractivity contribution is 0.0946. The second kappa shape index (κ2) is 7.60. The minimum Gasteiger partial charge on any atom is -0.343 e. The van der Waals surface area contributed by atoms with Crippen LogP contribution in [0.2, 0.25) is 0 Å². The summed E-state index contributed by atoms with van der Waals surface area (Å²) in [6.45, 7) is 0.178. The summed E-state index contributed by atoms with van der Waals surface area (Å²) in [5.41, 5.74) is 3.47. The Bertz CT molecular complexity index is 1150. The number of hydrogen-bond acceptors (Lipinski definition) is 6. The number of nitrogens with zero attached hydrogens (tertiary/aromatic N) is 3. The van der Waals surface area contributed by atoms with Gasteiger partial charge < -0.3 is 9.84 Å². The Hall–Kier alpha value is -3.32. The summed E-state index contributed by atoms with van der Waals surface area (Å²) < 4.78 is 5.31. The molecule has 6 nitrogen and oxygen atoms in total. The predicted octanol–water partition coefficient (Wildman–Crippen LogP) is 4.67. The molecule has 1 aliphatic carbocycles. The summed E-state index contributed by atoms with van der Waals surface area (Å²) in [7, 11) is 0. The maximum absolute atomic E-state index is 12.1. The van der Waals surface area contributed by atoms with Crippen LogP contribution in [0, 0.1) is 0 Å². The molecular formula is C22H18N4O2S. The molecule has 1 N–H and O–H groups in total. The molecule has 0 radical (unpaired) electrons. The van der Waals surface area contributed by atoms with Crippen LogP contribution < -0.4 is 5.32 Å². The number of nitrogens with one attached hydrogen (secondary N) is 1. The molecule has 0 aliphatic heterocycles. The average molecular weight is 402 g/mol. The van der Waals surface area contributed by atoms with Gasteiger partial charge >= 0.3 is 0 Å². The number of hydrogen-bond donors (Lipinski definition) is 1. The first-order chi connectivity index (χ1) is 14.3. The normalized spacial score (nSPS) is 13.4. The number of amides is 1. The molecule has 2 aromatic heterocycles. The van der Waals surface area contributed by atoms with Crippen molar-refractivity contribution in [1.29, 1.82) is 0 Å². The fraction of sp³-hybridized carbons (Fsp3) is 0.182. The van der Waals surface area contributed by atoms with Crippen molar-refractivity contribution in [3.8, 4) is 22.6 Å². The molecule has 0 saturated heterocycles. The minimum absolute atomic E-state index is 0.178. The van der Waals surface area contributed by atoms with Crippen LogP contribution in [-0.2, 0) is 6.54 Å². The van der Waals surface area contributed by atoms with Crippen molar-refractivity contribution in [3.05, 3.63) is 76.4 Å². The quantitative estimate of drug-likeness (QED) is 0.507. The fourth-order valence-corrected chi connectivity index (χ4v) is 4.05. The third kappa shape index (κ3) is 3.95. The molecule has 1 fully saturated rings. The molecule has 4 aromatic rings. The van der Waals surface area contributed by atoms with Gasteiger partial charge in [0.25, 0.3) is 5.91 Å². The molecule has 5 rings (SSSR count). The van der Waals surface area contributed by atoms with Crippen LogP contribution in [-0.4, -0.2) is 21.0 Å². The highest BCUT2D eigenvalue weighted by Crippen LogP contribution is 2.42. The molecule has 2 aromatic carbocycles. The number of thiazole rings is 1.